The predicted octanol–water partition coefficient (Wildman–Crippen LogP) is 3.04. The normalized spacial score (nSPS) is 24.4. The molecule has 17 heavy (non-hydrogen) atoms. The van der Waals surface area contributed by atoms with Crippen LogP contribution in [0.3, 0.4) is 0 Å². The minimum absolute atomic E-state index is 0.0474. The van der Waals surface area contributed by atoms with E-state index in [2.05, 4.69) is 17.2 Å². The third-order valence-corrected chi connectivity index (χ3v) is 3.55. The van der Waals surface area contributed by atoms with Crippen LogP contribution in [0, 0.1) is 5.92 Å². The van der Waals surface area contributed by atoms with Gasteiger partial charge in [-0.25, -0.2) is 4.98 Å². The molecule has 0 atom stereocenters. The summed E-state index contributed by atoms with van der Waals surface area (Å²) in [5, 5.41) is 3.41. The lowest BCUT2D eigenvalue weighted by atomic mass is 9.87. The van der Waals surface area contributed by atoms with E-state index in [1.54, 1.807) is 18.3 Å². The van der Waals surface area contributed by atoms with Crippen LogP contribution in [0.2, 0.25) is 5.15 Å². The van der Waals surface area contributed by atoms with E-state index in [4.69, 9.17) is 11.6 Å². The molecule has 1 N–H and O–H groups in total. The van der Waals surface area contributed by atoms with Gasteiger partial charge in [-0.05, 0) is 43.7 Å². The number of carbonyl (C=O) groups is 1. The summed E-state index contributed by atoms with van der Waals surface area (Å²) in [5.41, 5.74) is 0.587. The van der Waals surface area contributed by atoms with Gasteiger partial charge in [0.15, 0.2) is 0 Å². The molecule has 92 valence electrons. The van der Waals surface area contributed by atoms with Crippen molar-refractivity contribution in [1.29, 1.82) is 0 Å². The summed E-state index contributed by atoms with van der Waals surface area (Å²) in [7, 11) is 0. The zero-order chi connectivity index (χ0) is 12.3. The Morgan fingerprint density at radius 1 is 1.41 bits per heavy atom. The number of nitrogens with one attached hydrogen (secondary N) is 1. The van der Waals surface area contributed by atoms with Crippen molar-refractivity contribution in [2.24, 2.45) is 5.92 Å². The Morgan fingerprint density at radius 3 is 2.76 bits per heavy atom. The fourth-order valence-corrected chi connectivity index (χ4v) is 2.39. The molecule has 1 aliphatic carbocycles. The minimum Gasteiger partial charge on any atom is -0.349 e. The Labute approximate surface area is 107 Å². The number of hydrogen-bond acceptors (Lipinski definition) is 2. The molecule has 1 amide bonds. The number of halogens is 1. The van der Waals surface area contributed by atoms with Gasteiger partial charge in [0.2, 0.25) is 0 Å². The number of hydrogen-bond donors (Lipinski definition) is 1. The van der Waals surface area contributed by atoms with Gasteiger partial charge in [0.25, 0.3) is 5.91 Å². The molecule has 0 radical (unpaired) electrons. The van der Waals surface area contributed by atoms with Crippen LogP contribution < -0.4 is 5.32 Å². The number of pyridine rings is 1. The second kappa shape index (κ2) is 5.50. The number of amides is 1. The van der Waals surface area contributed by atoms with Crippen molar-refractivity contribution >= 4 is 17.5 Å². The molecule has 1 aromatic heterocycles. The Kier molecular flexibility index (Phi) is 4.00. The third kappa shape index (κ3) is 3.43. The van der Waals surface area contributed by atoms with E-state index >= 15 is 0 Å². The van der Waals surface area contributed by atoms with Crippen molar-refractivity contribution in [3.05, 3.63) is 29.0 Å². The fourth-order valence-electron chi connectivity index (χ4n) is 2.22. The molecule has 2 rings (SSSR count). The Balaban J connectivity index is 1.93. The molecular weight excluding hydrogens is 236 g/mol. The van der Waals surface area contributed by atoms with E-state index in [1.807, 2.05) is 0 Å². The van der Waals surface area contributed by atoms with E-state index in [0.29, 0.717) is 16.8 Å². The van der Waals surface area contributed by atoms with Gasteiger partial charge >= 0.3 is 0 Å². The standard InChI is InChI=1S/C13H17ClN2O/c1-9-2-4-11(5-3-9)16-13(17)10-6-7-15-12(14)8-10/h6-9,11H,2-5H2,1H3,(H,16,17). The molecule has 1 aromatic rings. The van der Waals surface area contributed by atoms with Crippen molar-refractivity contribution in [2.45, 2.75) is 38.6 Å². The topological polar surface area (TPSA) is 42.0 Å². The second-order valence-electron chi connectivity index (χ2n) is 4.80. The first kappa shape index (κ1) is 12.4. The number of carbonyl (C=O) groups excluding carboxylic acids is 1. The lowest BCUT2D eigenvalue weighted by molar-refractivity contribution is 0.0923. The lowest BCUT2D eigenvalue weighted by Gasteiger charge is -2.26. The van der Waals surface area contributed by atoms with Crippen LogP contribution in [0.5, 0.6) is 0 Å². The van der Waals surface area contributed by atoms with Crippen molar-refractivity contribution < 1.29 is 4.79 Å². The number of aromatic nitrogens is 1. The van der Waals surface area contributed by atoms with Gasteiger partial charge < -0.3 is 5.32 Å². The highest BCUT2D eigenvalue weighted by Gasteiger charge is 2.20. The van der Waals surface area contributed by atoms with Crippen molar-refractivity contribution in [2.75, 3.05) is 0 Å². The van der Waals surface area contributed by atoms with Crippen LogP contribution >= 0.6 is 11.6 Å². The maximum absolute atomic E-state index is 11.9. The van der Waals surface area contributed by atoms with Crippen molar-refractivity contribution in [3.63, 3.8) is 0 Å². The molecule has 1 aliphatic rings. The number of rotatable bonds is 2. The molecule has 1 heterocycles. The van der Waals surface area contributed by atoms with Gasteiger partial charge in [-0.3, -0.25) is 4.79 Å². The van der Waals surface area contributed by atoms with Gasteiger partial charge in [-0.15, -0.1) is 0 Å². The first-order valence-corrected chi connectivity index (χ1v) is 6.45. The summed E-state index contributed by atoms with van der Waals surface area (Å²) in [6.07, 6.45) is 6.10. The van der Waals surface area contributed by atoms with Crippen molar-refractivity contribution in [3.8, 4) is 0 Å². The quantitative estimate of drug-likeness (QED) is 0.822. The fraction of sp³-hybridized carbons (Fsp3) is 0.538. The SMILES string of the molecule is CC1CCC(NC(=O)c2ccnc(Cl)c2)CC1. The Hall–Kier alpha value is -1.09. The molecule has 0 saturated heterocycles. The van der Waals surface area contributed by atoms with Crippen LogP contribution in [0.25, 0.3) is 0 Å². The highest BCUT2D eigenvalue weighted by molar-refractivity contribution is 6.29. The molecule has 1 fully saturated rings. The van der Waals surface area contributed by atoms with E-state index in [1.165, 1.54) is 12.8 Å². The summed E-state index contributed by atoms with van der Waals surface area (Å²) < 4.78 is 0. The second-order valence-corrected chi connectivity index (χ2v) is 5.18. The average Bonchev–Trinajstić information content (AvgIpc) is 2.32. The zero-order valence-electron chi connectivity index (χ0n) is 9.95. The van der Waals surface area contributed by atoms with Crippen LogP contribution in [0.1, 0.15) is 43.0 Å². The molecule has 0 bridgehead atoms. The molecule has 0 unspecified atom stereocenters. The maximum atomic E-state index is 11.9. The van der Waals surface area contributed by atoms with Crippen LogP contribution in [-0.2, 0) is 0 Å². The first-order valence-electron chi connectivity index (χ1n) is 6.07. The van der Waals surface area contributed by atoms with Crippen molar-refractivity contribution in [1.82, 2.24) is 10.3 Å². The zero-order valence-corrected chi connectivity index (χ0v) is 10.7. The van der Waals surface area contributed by atoms with Gasteiger partial charge in [0, 0.05) is 17.8 Å². The monoisotopic (exact) mass is 252 g/mol. The highest BCUT2D eigenvalue weighted by Crippen LogP contribution is 2.23. The summed E-state index contributed by atoms with van der Waals surface area (Å²) in [5.74, 6) is 0.743. The predicted molar refractivity (Wildman–Crippen MR) is 68.1 cm³/mol. The molecule has 3 nitrogen and oxygen atoms in total. The van der Waals surface area contributed by atoms with Gasteiger partial charge in [-0.1, -0.05) is 18.5 Å². The summed E-state index contributed by atoms with van der Waals surface area (Å²) >= 11 is 5.76. The summed E-state index contributed by atoms with van der Waals surface area (Å²) in [6, 6.07) is 3.60. The van der Waals surface area contributed by atoms with Gasteiger partial charge in [0.1, 0.15) is 5.15 Å². The third-order valence-electron chi connectivity index (χ3n) is 3.34. The smallest absolute Gasteiger partial charge is 0.251 e. The van der Waals surface area contributed by atoms with Crippen LogP contribution in [0.4, 0.5) is 0 Å². The van der Waals surface area contributed by atoms with Gasteiger partial charge in [0.05, 0.1) is 0 Å². The van der Waals surface area contributed by atoms with E-state index in [0.717, 1.165) is 18.8 Å². The van der Waals surface area contributed by atoms with E-state index in [-0.39, 0.29) is 5.91 Å². The molecule has 1 saturated carbocycles. The minimum atomic E-state index is -0.0474. The highest BCUT2D eigenvalue weighted by atomic mass is 35.5. The largest absolute Gasteiger partial charge is 0.349 e. The summed E-state index contributed by atoms with van der Waals surface area (Å²) in [6.45, 7) is 2.26. The Bertz CT molecular complexity index is 400. The molecule has 0 aliphatic heterocycles. The average molecular weight is 253 g/mol. The lowest BCUT2D eigenvalue weighted by Crippen LogP contribution is -2.37. The van der Waals surface area contributed by atoms with E-state index < -0.39 is 0 Å². The van der Waals surface area contributed by atoms with Crippen LogP contribution in [0.15, 0.2) is 18.3 Å². The molecule has 0 aromatic carbocycles. The van der Waals surface area contributed by atoms with E-state index in [9.17, 15) is 4.79 Å². The molecule has 4 heteroatoms. The summed E-state index contributed by atoms with van der Waals surface area (Å²) in [4.78, 5) is 15.8. The molecular formula is C13H17ClN2O. The molecule has 0 spiro atoms. The van der Waals surface area contributed by atoms with Gasteiger partial charge in [-0.2, -0.15) is 0 Å². The first-order chi connectivity index (χ1) is 8.15. The number of nitrogens with zero attached hydrogens (tertiary/aromatic N) is 1. The Morgan fingerprint density at radius 2 is 2.12 bits per heavy atom. The maximum Gasteiger partial charge on any atom is 0.251 e. The van der Waals surface area contributed by atoms with Crippen LogP contribution in [-0.4, -0.2) is 16.9 Å².